The number of aliphatic imine (C=N–C) groups is 1. The van der Waals surface area contributed by atoms with Gasteiger partial charge in [0.1, 0.15) is 11.5 Å². The zero-order valence-electron chi connectivity index (χ0n) is 14.3. The molecule has 9 heteroatoms. The smallest absolute Gasteiger partial charge is 0.282 e. The number of carbonyl (C=O) groups is 1. The van der Waals surface area contributed by atoms with E-state index < -0.39 is 17.3 Å². The summed E-state index contributed by atoms with van der Waals surface area (Å²) in [5.74, 6) is -0.588. The van der Waals surface area contributed by atoms with Gasteiger partial charge in [-0.15, -0.1) is 0 Å². The van der Waals surface area contributed by atoms with Gasteiger partial charge in [0, 0.05) is 11.3 Å². The molecule has 136 valence electrons. The highest BCUT2D eigenvalue weighted by Crippen LogP contribution is 2.51. The van der Waals surface area contributed by atoms with Crippen LogP contribution in [0.2, 0.25) is 0 Å². The van der Waals surface area contributed by atoms with Crippen molar-refractivity contribution < 1.29 is 18.7 Å². The van der Waals surface area contributed by atoms with Gasteiger partial charge in [0.15, 0.2) is 0 Å². The van der Waals surface area contributed by atoms with E-state index in [9.17, 15) is 9.18 Å². The van der Waals surface area contributed by atoms with Crippen molar-refractivity contribution in [1.82, 2.24) is 9.97 Å². The molecule has 2 aromatic rings. The summed E-state index contributed by atoms with van der Waals surface area (Å²) in [6.45, 7) is 0. The Morgan fingerprint density at radius 2 is 2.08 bits per heavy atom. The van der Waals surface area contributed by atoms with Crippen LogP contribution in [0.5, 0.6) is 5.88 Å². The highest BCUT2D eigenvalue weighted by atomic mass is 19.1. The van der Waals surface area contributed by atoms with E-state index in [1.807, 2.05) is 0 Å². The van der Waals surface area contributed by atoms with E-state index in [1.54, 1.807) is 6.07 Å². The third kappa shape index (κ3) is 3.56. The third-order valence-corrected chi connectivity index (χ3v) is 4.05. The predicted molar refractivity (Wildman–Crippen MR) is 92.5 cm³/mol. The van der Waals surface area contributed by atoms with E-state index in [2.05, 4.69) is 20.3 Å². The van der Waals surface area contributed by atoms with E-state index in [0.717, 1.165) is 0 Å². The first-order chi connectivity index (χ1) is 12.5. The van der Waals surface area contributed by atoms with E-state index in [1.165, 1.54) is 38.7 Å². The number of methoxy groups -OCH3 is 2. The van der Waals surface area contributed by atoms with Crippen LogP contribution in [0, 0.1) is 5.82 Å². The molecule has 1 heterocycles. The Balaban J connectivity index is 1.82. The minimum Gasteiger partial charge on any atom is -0.480 e. The molecule has 1 aromatic carbocycles. The number of nitrogens with one attached hydrogen (secondary N) is 1. The number of ether oxygens (including phenoxy) is 2. The van der Waals surface area contributed by atoms with Crippen LogP contribution in [-0.2, 0) is 10.3 Å². The minimum absolute atomic E-state index is 0.00940. The molecular weight excluding hydrogens is 341 g/mol. The SMILES string of the molecule is COC(N)=NC1(c2cc(NC(=O)c3cnc(OC)cn3)ccc2F)CC1. The molecule has 1 fully saturated rings. The van der Waals surface area contributed by atoms with Gasteiger partial charge in [-0.05, 0) is 31.0 Å². The summed E-state index contributed by atoms with van der Waals surface area (Å²) in [6.07, 6.45) is 3.93. The molecule has 1 aromatic heterocycles. The van der Waals surface area contributed by atoms with Gasteiger partial charge in [-0.25, -0.2) is 19.4 Å². The molecule has 0 bridgehead atoms. The van der Waals surface area contributed by atoms with Crippen LogP contribution < -0.4 is 15.8 Å². The quantitative estimate of drug-likeness (QED) is 0.622. The van der Waals surface area contributed by atoms with E-state index in [-0.39, 0.29) is 11.7 Å². The van der Waals surface area contributed by atoms with Crippen LogP contribution in [0.3, 0.4) is 0 Å². The van der Waals surface area contributed by atoms with Crippen molar-refractivity contribution in [1.29, 1.82) is 0 Å². The van der Waals surface area contributed by atoms with Crippen LogP contribution in [0.15, 0.2) is 35.6 Å². The van der Waals surface area contributed by atoms with Crippen LogP contribution in [0.4, 0.5) is 10.1 Å². The summed E-state index contributed by atoms with van der Waals surface area (Å²) in [7, 11) is 2.86. The number of carbonyl (C=O) groups excluding carboxylic acids is 1. The van der Waals surface area contributed by atoms with E-state index in [0.29, 0.717) is 30.0 Å². The van der Waals surface area contributed by atoms with Crippen molar-refractivity contribution in [3.8, 4) is 5.88 Å². The summed E-state index contributed by atoms with van der Waals surface area (Å²) in [6, 6.07) is 4.28. The Morgan fingerprint density at radius 1 is 1.31 bits per heavy atom. The molecule has 0 radical (unpaired) electrons. The van der Waals surface area contributed by atoms with Gasteiger partial charge in [0.25, 0.3) is 11.9 Å². The second kappa shape index (κ2) is 6.95. The Bertz CT molecular complexity index is 850. The van der Waals surface area contributed by atoms with E-state index >= 15 is 0 Å². The van der Waals surface area contributed by atoms with Crippen LogP contribution in [0.25, 0.3) is 0 Å². The van der Waals surface area contributed by atoms with Crippen LogP contribution in [-0.4, -0.2) is 36.1 Å². The zero-order chi connectivity index (χ0) is 18.7. The van der Waals surface area contributed by atoms with Crippen LogP contribution >= 0.6 is 0 Å². The summed E-state index contributed by atoms with van der Waals surface area (Å²) >= 11 is 0. The highest BCUT2D eigenvalue weighted by Gasteiger charge is 2.47. The van der Waals surface area contributed by atoms with Gasteiger partial charge in [0.2, 0.25) is 5.88 Å². The molecule has 0 unspecified atom stereocenters. The maximum atomic E-state index is 14.3. The lowest BCUT2D eigenvalue weighted by Crippen LogP contribution is -2.19. The molecule has 0 saturated heterocycles. The fourth-order valence-electron chi connectivity index (χ4n) is 2.51. The molecular formula is C17H18FN5O3. The Kier molecular flexibility index (Phi) is 4.70. The normalized spacial score (nSPS) is 15.3. The summed E-state index contributed by atoms with van der Waals surface area (Å²) in [5, 5.41) is 2.67. The summed E-state index contributed by atoms with van der Waals surface area (Å²) in [5.41, 5.74) is 5.76. The molecule has 26 heavy (non-hydrogen) atoms. The van der Waals surface area contributed by atoms with Crippen molar-refractivity contribution in [2.75, 3.05) is 19.5 Å². The number of nitrogens with zero attached hydrogens (tertiary/aromatic N) is 3. The van der Waals surface area contributed by atoms with Gasteiger partial charge >= 0.3 is 0 Å². The van der Waals surface area contributed by atoms with Crippen molar-refractivity contribution >= 4 is 17.6 Å². The molecule has 0 spiro atoms. The van der Waals surface area contributed by atoms with Crippen molar-refractivity contribution in [3.05, 3.63) is 47.7 Å². The molecule has 1 amide bonds. The predicted octanol–water partition coefficient (Wildman–Crippen LogP) is 1.83. The Hall–Kier alpha value is -3.23. The Morgan fingerprint density at radius 3 is 2.65 bits per heavy atom. The van der Waals surface area contributed by atoms with Crippen molar-refractivity contribution in [2.45, 2.75) is 18.4 Å². The first kappa shape index (κ1) is 17.6. The molecule has 0 aliphatic heterocycles. The minimum atomic E-state index is -0.745. The lowest BCUT2D eigenvalue weighted by Gasteiger charge is -2.14. The number of amides is 1. The number of halogens is 1. The summed E-state index contributed by atoms with van der Waals surface area (Å²) < 4.78 is 24.1. The molecule has 1 aliphatic carbocycles. The zero-order valence-corrected chi connectivity index (χ0v) is 14.3. The van der Waals surface area contributed by atoms with Gasteiger partial charge in [0.05, 0.1) is 32.2 Å². The standard InChI is InChI=1S/C17H18FN5O3/c1-25-14-9-20-13(8-21-14)15(24)22-10-3-4-12(18)11(7-10)17(5-6-17)23-16(19)26-2/h3-4,7-9H,5-6H2,1-2H3,(H2,19,23)(H,22,24). The Labute approximate surface area is 149 Å². The number of benzene rings is 1. The lowest BCUT2D eigenvalue weighted by molar-refractivity contribution is 0.102. The molecule has 0 atom stereocenters. The average molecular weight is 359 g/mol. The fraction of sp³-hybridized carbons (Fsp3) is 0.294. The first-order valence-corrected chi connectivity index (χ1v) is 7.84. The largest absolute Gasteiger partial charge is 0.480 e. The number of hydrogen-bond donors (Lipinski definition) is 2. The second-order valence-electron chi connectivity index (χ2n) is 5.78. The molecule has 3 rings (SSSR count). The molecule has 1 aliphatic rings. The fourth-order valence-corrected chi connectivity index (χ4v) is 2.51. The number of hydrogen-bond acceptors (Lipinski definition) is 6. The molecule has 3 N–H and O–H groups in total. The average Bonchev–Trinajstić information content (AvgIpc) is 3.43. The van der Waals surface area contributed by atoms with Crippen molar-refractivity contribution in [3.63, 3.8) is 0 Å². The van der Waals surface area contributed by atoms with E-state index in [4.69, 9.17) is 15.2 Å². The summed E-state index contributed by atoms with van der Waals surface area (Å²) in [4.78, 5) is 24.4. The van der Waals surface area contributed by atoms with Gasteiger partial charge < -0.3 is 20.5 Å². The maximum absolute atomic E-state index is 14.3. The third-order valence-electron chi connectivity index (χ3n) is 4.05. The number of amidine groups is 1. The topological polar surface area (TPSA) is 112 Å². The number of aromatic nitrogens is 2. The maximum Gasteiger partial charge on any atom is 0.282 e. The monoisotopic (exact) mass is 359 g/mol. The van der Waals surface area contributed by atoms with Crippen LogP contribution in [0.1, 0.15) is 28.9 Å². The van der Waals surface area contributed by atoms with Gasteiger partial charge in [-0.3, -0.25) is 4.79 Å². The van der Waals surface area contributed by atoms with Crippen molar-refractivity contribution in [2.24, 2.45) is 10.7 Å². The highest BCUT2D eigenvalue weighted by molar-refractivity contribution is 6.02. The second-order valence-corrected chi connectivity index (χ2v) is 5.78. The lowest BCUT2D eigenvalue weighted by atomic mass is 10.0. The molecule has 8 nitrogen and oxygen atoms in total. The molecule has 1 saturated carbocycles. The first-order valence-electron chi connectivity index (χ1n) is 7.84. The number of rotatable bonds is 5. The number of anilines is 1. The number of nitrogens with two attached hydrogens (primary N) is 1. The van der Waals surface area contributed by atoms with Gasteiger partial charge in [-0.2, -0.15) is 0 Å². The van der Waals surface area contributed by atoms with Gasteiger partial charge in [-0.1, -0.05) is 0 Å².